The molecule has 0 spiro atoms. The molecule has 2 heterocycles. The molecule has 1 fully saturated rings. The van der Waals surface area contributed by atoms with Crippen molar-refractivity contribution in [3.05, 3.63) is 41.0 Å². The molecule has 0 bridgehead atoms. The molecule has 0 radical (unpaired) electrons. The highest BCUT2D eigenvalue weighted by molar-refractivity contribution is 7.13. The van der Waals surface area contributed by atoms with Crippen molar-refractivity contribution in [1.29, 1.82) is 0 Å². The molecule has 1 saturated heterocycles. The summed E-state index contributed by atoms with van der Waals surface area (Å²) in [6.45, 7) is 13.2. The summed E-state index contributed by atoms with van der Waals surface area (Å²) in [5.74, 6) is -1.27. The molecule has 0 unspecified atom stereocenters. The van der Waals surface area contributed by atoms with E-state index >= 15 is 0 Å². The van der Waals surface area contributed by atoms with E-state index in [1.807, 2.05) is 57.5 Å². The number of ether oxygens (including phenoxy) is 6. The number of unbranched alkanes of at least 4 members (excludes halogenated alkanes) is 3. The van der Waals surface area contributed by atoms with E-state index in [1.54, 1.807) is 11.3 Å². The first-order chi connectivity index (χ1) is 27.0. The van der Waals surface area contributed by atoms with E-state index in [0.717, 1.165) is 60.5 Å². The van der Waals surface area contributed by atoms with Gasteiger partial charge in [-0.2, -0.15) is 0 Å². The summed E-state index contributed by atoms with van der Waals surface area (Å²) in [6.07, 6.45) is 3.67. The first-order valence-corrected chi connectivity index (χ1v) is 20.6. The van der Waals surface area contributed by atoms with Crippen molar-refractivity contribution < 1.29 is 47.9 Å². The highest BCUT2D eigenvalue weighted by Crippen LogP contribution is 2.28. The Bertz CT molecular complexity index is 1410. The maximum atomic E-state index is 13.8. The molecule has 2 aromatic rings. The van der Waals surface area contributed by atoms with Gasteiger partial charge in [0.05, 0.1) is 88.3 Å². The van der Waals surface area contributed by atoms with Crippen LogP contribution in [0.15, 0.2) is 29.8 Å². The molecule has 0 aliphatic carbocycles. The quantitative estimate of drug-likeness (QED) is 0.0881. The number of hydrogen-bond donors (Lipinski definition) is 4. The van der Waals surface area contributed by atoms with E-state index in [4.69, 9.17) is 34.2 Å². The number of nitrogens with zero attached hydrogens (tertiary/aromatic N) is 2. The monoisotopic (exact) mass is 807 g/mol. The summed E-state index contributed by atoms with van der Waals surface area (Å²) < 4.78 is 33.0. The zero-order valence-electron chi connectivity index (χ0n) is 33.8. The van der Waals surface area contributed by atoms with E-state index in [0.29, 0.717) is 52.9 Å². The first kappa shape index (κ1) is 47.3. The van der Waals surface area contributed by atoms with Crippen molar-refractivity contribution in [2.75, 3.05) is 92.4 Å². The SMILES string of the molecule is Cc1ncsc1-c1ccc(CNC(=O)[C@@H]2C[C@@H](O)CN2C(=O)[C@@H](NC(=O)COCCOCCOCCOCCOCCOCCCCCCN)C(C)(C)C)cc1. The Labute approximate surface area is 336 Å². The van der Waals surface area contributed by atoms with Crippen molar-refractivity contribution in [3.63, 3.8) is 0 Å². The number of β-amino-alcohol motifs (C(OH)–C–C–N with tert-alkyl or cyclic N) is 1. The van der Waals surface area contributed by atoms with Crippen LogP contribution in [0.5, 0.6) is 0 Å². The van der Waals surface area contributed by atoms with Gasteiger partial charge in [0.15, 0.2) is 0 Å². The number of benzene rings is 1. The Morgan fingerprint density at radius 3 is 1.95 bits per heavy atom. The van der Waals surface area contributed by atoms with Gasteiger partial charge in [-0.15, -0.1) is 11.3 Å². The third kappa shape index (κ3) is 18.0. The second kappa shape index (κ2) is 26.8. The highest BCUT2D eigenvalue weighted by atomic mass is 32.1. The molecule has 5 N–H and O–H groups in total. The van der Waals surface area contributed by atoms with Gasteiger partial charge in [-0.25, -0.2) is 4.98 Å². The molecule has 3 amide bonds. The van der Waals surface area contributed by atoms with Crippen LogP contribution in [0.2, 0.25) is 0 Å². The molecular formula is C40H65N5O10S. The minimum absolute atomic E-state index is 0.00477. The van der Waals surface area contributed by atoms with Crippen molar-refractivity contribution in [2.45, 2.75) is 84.5 Å². The fourth-order valence-corrected chi connectivity index (χ4v) is 6.76. The number of rotatable bonds is 29. The molecule has 1 aliphatic heterocycles. The lowest BCUT2D eigenvalue weighted by molar-refractivity contribution is -0.144. The Kier molecular flexibility index (Phi) is 22.6. The number of amides is 3. The maximum Gasteiger partial charge on any atom is 0.246 e. The third-order valence-electron chi connectivity index (χ3n) is 9.05. The van der Waals surface area contributed by atoms with Crippen LogP contribution in [0.3, 0.4) is 0 Å². The Hall–Kier alpha value is -3.06. The van der Waals surface area contributed by atoms with Gasteiger partial charge in [0.2, 0.25) is 17.7 Å². The van der Waals surface area contributed by atoms with E-state index in [-0.39, 0.29) is 45.2 Å². The van der Waals surface area contributed by atoms with E-state index in [9.17, 15) is 19.5 Å². The van der Waals surface area contributed by atoms with Gasteiger partial charge in [-0.05, 0) is 42.9 Å². The molecule has 15 nitrogen and oxygen atoms in total. The molecule has 3 atom stereocenters. The standard InChI is InChI=1S/C40H65N5O10S/c1-30-36(56-29-43-30)32-11-9-31(10-12-32)26-42-38(48)34-25-33(46)27-45(34)39(49)37(40(2,3)4)44-35(47)28-55-24-23-54-22-21-53-20-19-52-18-17-51-16-15-50-14-8-6-5-7-13-41/h9-12,29,33-34,37,46H,5-8,13-28,41H2,1-4H3,(H,42,48)(H,44,47)/t33-,34+,37-/m1/s1. The molecule has 316 valence electrons. The largest absolute Gasteiger partial charge is 0.391 e. The van der Waals surface area contributed by atoms with Gasteiger partial charge in [0, 0.05) is 26.1 Å². The summed E-state index contributed by atoms with van der Waals surface area (Å²) in [5, 5.41) is 16.2. The molecule has 1 aromatic heterocycles. The molecular weight excluding hydrogens is 743 g/mol. The summed E-state index contributed by atoms with van der Waals surface area (Å²) >= 11 is 1.57. The summed E-state index contributed by atoms with van der Waals surface area (Å²) in [6, 6.07) is 6.06. The van der Waals surface area contributed by atoms with Gasteiger partial charge in [0.1, 0.15) is 18.7 Å². The van der Waals surface area contributed by atoms with Crippen LogP contribution in [0.25, 0.3) is 10.4 Å². The second-order valence-electron chi connectivity index (χ2n) is 14.8. The van der Waals surface area contributed by atoms with Crippen LogP contribution in [0.4, 0.5) is 0 Å². The number of aliphatic hydroxyl groups excluding tert-OH is 1. The predicted molar refractivity (Wildman–Crippen MR) is 214 cm³/mol. The smallest absolute Gasteiger partial charge is 0.246 e. The number of carbonyl (C=O) groups excluding carboxylic acids is 3. The maximum absolute atomic E-state index is 13.8. The number of nitrogens with two attached hydrogens (primary N) is 1. The minimum Gasteiger partial charge on any atom is -0.391 e. The number of thiazole rings is 1. The third-order valence-corrected chi connectivity index (χ3v) is 10.0. The average Bonchev–Trinajstić information content (AvgIpc) is 3.79. The summed E-state index contributed by atoms with van der Waals surface area (Å²) in [4.78, 5) is 46.8. The lowest BCUT2D eigenvalue weighted by Gasteiger charge is -2.35. The predicted octanol–water partition coefficient (Wildman–Crippen LogP) is 2.85. The normalized spacial score (nSPS) is 16.3. The number of carbonyl (C=O) groups is 3. The first-order valence-electron chi connectivity index (χ1n) is 19.7. The lowest BCUT2D eigenvalue weighted by Crippen LogP contribution is -2.58. The second-order valence-corrected chi connectivity index (χ2v) is 15.6. The number of likely N-dealkylation sites (tertiary alicyclic amines) is 1. The van der Waals surface area contributed by atoms with Crippen molar-refractivity contribution >= 4 is 29.1 Å². The lowest BCUT2D eigenvalue weighted by atomic mass is 9.85. The molecule has 1 aliphatic rings. The Morgan fingerprint density at radius 1 is 0.857 bits per heavy atom. The van der Waals surface area contributed by atoms with Crippen LogP contribution >= 0.6 is 11.3 Å². The zero-order chi connectivity index (χ0) is 40.6. The highest BCUT2D eigenvalue weighted by Gasteiger charge is 2.44. The van der Waals surface area contributed by atoms with E-state index < -0.39 is 35.4 Å². The zero-order valence-corrected chi connectivity index (χ0v) is 34.6. The van der Waals surface area contributed by atoms with Crippen LogP contribution in [-0.4, -0.2) is 143 Å². The van der Waals surface area contributed by atoms with Crippen molar-refractivity contribution in [3.8, 4) is 10.4 Å². The molecule has 16 heteroatoms. The summed E-state index contributed by atoms with van der Waals surface area (Å²) in [7, 11) is 0. The fraction of sp³-hybridized carbons (Fsp3) is 0.700. The Balaban J connectivity index is 1.25. The molecule has 0 saturated carbocycles. The van der Waals surface area contributed by atoms with Gasteiger partial charge in [-0.3, -0.25) is 14.4 Å². The van der Waals surface area contributed by atoms with Crippen molar-refractivity contribution in [1.82, 2.24) is 20.5 Å². The van der Waals surface area contributed by atoms with Crippen molar-refractivity contribution in [2.24, 2.45) is 11.1 Å². The number of nitrogens with one attached hydrogen (secondary N) is 2. The van der Waals surface area contributed by atoms with Crippen LogP contribution < -0.4 is 16.4 Å². The minimum atomic E-state index is -0.946. The average molecular weight is 808 g/mol. The van der Waals surface area contributed by atoms with Gasteiger partial charge < -0.3 is 54.8 Å². The van der Waals surface area contributed by atoms with E-state index in [2.05, 4.69) is 15.6 Å². The number of aromatic nitrogens is 1. The van der Waals surface area contributed by atoms with Crippen LogP contribution in [-0.2, 0) is 49.3 Å². The van der Waals surface area contributed by atoms with Gasteiger partial charge in [0.25, 0.3) is 0 Å². The number of hydrogen-bond acceptors (Lipinski definition) is 13. The summed E-state index contributed by atoms with van der Waals surface area (Å²) in [5.41, 5.74) is 9.54. The number of aryl methyl sites for hydroxylation is 1. The van der Waals surface area contributed by atoms with Crippen LogP contribution in [0, 0.1) is 12.3 Å². The molecule has 3 rings (SSSR count). The molecule has 1 aromatic carbocycles. The van der Waals surface area contributed by atoms with Gasteiger partial charge >= 0.3 is 0 Å². The van der Waals surface area contributed by atoms with Crippen LogP contribution in [0.1, 0.15) is 64.1 Å². The topological polar surface area (TPSA) is 193 Å². The fourth-order valence-electron chi connectivity index (χ4n) is 5.95. The van der Waals surface area contributed by atoms with E-state index in [1.165, 1.54) is 4.90 Å². The number of aliphatic hydroxyl groups is 1. The van der Waals surface area contributed by atoms with Gasteiger partial charge in [-0.1, -0.05) is 57.9 Å². The Morgan fingerprint density at radius 2 is 1.41 bits per heavy atom. The molecule has 56 heavy (non-hydrogen) atoms.